The van der Waals surface area contributed by atoms with Gasteiger partial charge in [0, 0.05) is 12.6 Å². The zero-order valence-corrected chi connectivity index (χ0v) is 12.9. The molecule has 112 valence electrons. The molecule has 0 aliphatic heterocycles. The molecular formula is C19H24FN. The third-order valence-corrected chi connectivity index (χ3v) is 3.75. The van der Waals surface area contributed by atoms with Gasteiger partial charge in [-0.1, -0.05) is 61.7 Å². The van der Waals surface area contributed by atoms with Crippen molar-refractivity contribution in [2.75, 3.05) is 0 Å². The van der Waals surface area contributed by atoms with E-state index in [1.54, 1.807) is 12.1 Å². The van der Waals surface area contributed by atoms with Gasteiger partial charge >= 0.3 is 0 Å². The van der Waals surface area contributed by atoms with Crippen LogP contribution in [0.15, 0.2) is 48.5 Å². The van der Waals surface area contributed by atoms with Crippen molar-refractivity contribution >= 4 is 0 Å². The second-order valence-corrected chi connectivity index (χ2v) is 5.62. The van der Waals surface area contributed by atoms with E-state index in [4.69, 9.17) is 0 Å². The van der Waals surface area contributed by atoms with Crippen LogP contribution < -0.4 is 5.32 Å². The maximum Gasteiger partial charge on any atom is 0.123 e. The molecule has 0 aliphatic rings. The minimum atomic E-state index is -0.174. The Morgan fingerprint density at radius 3 is 2.52 bits per heavy atom. The van der Waals surface area contributed by atoms with Crippen molar-refractivity contribution in [3.05, 3.63) is 71.0 Å². The van der Waals surface area contributed by atoms with Crippen LogP contribution in [0, 0.1) is 12.7 Å². The summed E-state index contributed by atoms with van der Waals surface area (Å²) in [5.41, 5.74) is 3.73. The van der Waals surface area contributed by atoms with Gasteiger partial charge in [0.15, 0.2) is 0 Å². The monoisotopic (exact) mass is 285 g/mol. The Balaban J connectivity index is 2.04. The molecule has 2 heteroatoms. The first kappa shape index (κ1) is 15.7. The van der Waals surface area contributed by atoms with Gasteiger partial charge in [-0.25, -0.2) is 4.39 Å². The van der Waals surface area contributed by atoms with E-state index < -0.39 is 0 Å². The van der Waals surface area contributed by atoms with Crippen LogP contribution in [0.3, 0.4) is 0 Å². The fourth-order valence-corrected chi connectivity index (χ4v) is 2.55. The third-order valence-electron chi connectivity index (χ3n) is 3.75. The van der Waals surface area contributed by atoms with E-state index >= 15 is 0 Å². The molecule has 0 radical (unpaired) electrons. The highest BCUT2D eigenvalue weighted by Gasteiger charge is 2.10. The van der Waals surface area contributed by atoms with Crippen molar-refractivity contribution < 1.29 is 4.39 Å². The van der Waals surface area contributed by atoms with Crippen molar-refractivity contribution in [2.45, 2.75) is 45.7 Å². The van der Waals surface area contributed by atoms with Gasteiger partial charge in [0.05, 0.1) is 0 Å². The summed E-state index contributed by atoms with van der Waals surface area (Å²) in [6.07, 6.45) is 3.42. The third kappa shape index (κ3) is 4.98. The number of hydrogen-bond donors (Lipinski definition) is 1. The largest absolute Gasteiger partial charge is 0.306 e. The quantitative estimate of drug-likeness (QED) is 0.741. The fraction of sp³-hybridized carbons (Fsp3) is 0.368. The number of rotatable bonds is 7. The standard InChI is InChI=1S/C19H24FN/c1-3-4-8-19(17-9-11-18(20)12-10-17)21-14-16-7-5-6-15(2)13-16/h5-7,9-13,19,21H,3-4,8,14H2,1-2H3. The van der Waals surface area contributed by atoms with Crippen molar-refractivity contribution in [3.8, 4) is 0 Å². The topological polar surface area (TPSA) is 12.0 Å². The lowest BCUT2D eigenvalue weighted by Crippen LogP contribution is -2.21. The Bertz CT molecular complexity index is 548. The number of nitrogens with one attached hydrogen (secondary N) is 1. The summed E-state index contributed by atoms with van der Waals surface area (Å²) < 4.78 is 13.1. The second-order valence-electron chi connectivity index (χ2n) is 5.62. The minimum absolute atomic E-state index is 0.174. The van der Waals surface area contributed by atoms with Crippen LogP contribution in [0.4, 0.5) is 4.39 Å². The van der Waals surface area contributed by atoms with Gasteiger partial charge in [0.2, 0.25) is 0 Å². The van der Waals surface area contributed by atoms with E-state index in [1.165, 1.54) is 24.0 Å². The van der Waals surface area contributed by atoms with Crippen LogP contribution in [0.1, 0.15) is 48.9 Å². The second kappa shape index (κ2) is 7.94. The molecule has 0 spiro atoms. The van der Waals surface area contributed by atoms with Gasteiger partial charge in [-0.15, -0.1) is 0 Å². The molecule has 1 atom stereocenters. The summed E-state index contributed by atoms with van der Waals surface area (Å²) in [6.45, 7) is 5.15. The molecule has 0 aliphatic carbocycles. The summed E-state index contributed by atoms with van der Waals surface area (Å²) in [5, 5.41) is 3.61. The van der Waals surface area contributed by atoms with Crippen molar-refractivity contribution in [1.82, 2.24) is 5.32 Å². The number of benzene rings is 2. The molecule has 1 unspecified atom stereocenters. The highest BCUT2D eigenvalue weighted by atomic mass is 19.1. The molecule has 0 bridgehead atoms. The average Bonchev–Trinajstić information content (AvgIpc) is 2.49. The summed E-state index contributed by atoms with van der Waals surface area (Å²) >= 11 is 0. The van der Waals surface area contributed by atoms with E-state index in [-0.39, 0.29) is 11.9 Å². The summed E-state index contributed by atoms with van der Waals surface area (Å²) in [4.78, 5) is 0. The van der Waals surface area contributed by atoms with Crippen LogP contribution in [0.25, 0.3) is 0 Å². The molecule has 2 aromatic carbocycles. The molecule has 0 aromatic heterocycles. The van der Waals surface area contributed by atoms with Crippen molar-refractivity contribution in [2.24, 2.45) is 0 Å². The molecule has 0 fully saturated rings. The van der Waals surface area contributed by atoms with E-state index in [1.807, 2.05) is 12.1 Å². The first-order valence-corrected chi connectivity index (χ1v) is 7.73. The Hall–Kier alpha value is -1.67. The first-order chi connectivity index (χ1) is 10.2. The van der Waals surface area contributed by atoms with Gasteiger partial charge in [-0.2, -0.15) is 0 Å². The van der Waals surface area contributed by atoms with E-state index in [0.29, 0.717) is 0 Å². The molecule has 21 heavy (non-hydrogen) atoms. The summed E-state index contributed by atoms with van der Waals surface area (Å²) in [5.74, 6) is -0.174. The fourth-order valence-electron chi connectivity index (χ4n) is 2.55. The van der Waals surface area contributed by atoms with Crippen LogP contribution in [0.5, 0.6) is 0 Å². The number of halogens is 1. The summed E-state index contributed by atoms with van der Waals surface area (Å²) in [7, 11) is 0. The van der Waals surface area contributed by atoms with Crippen LogP contribution in [0.2, 0.25) is 0 Å². The van der Waals surface area contributed by atoms with E-state index in [0.717, 1.165) is 18.5 Å². The maximum absolute atomic E-state index is 13.1. The highest BCUT2D eigenvalue weighted by Crippen LogP contribution is 2.20. The molecule has 2 aromatic rings. The van der Waals surface area contributed by atoms with Gasteiger partial charge in [-0.05, 0) is 36.6 Å². The lowest BCUT2D eigenvalue weighted by molar-refractivity contribution is 0.479. The number of aryl methyl sites for hydroxylation is 1. The maximum atomic E-state index is 13.1. The van der Waals surface area contributed by atoms with E-state index in [9.17, 15) is 4.39 Å². The molecule has 1 nitrogen and oxygen atoms in total. The molecule has 2 rings (SSSR count). The minimum Gasteiger partial charge on any atom is -0.306 e. The number of hydrogen-bond acceptors (Lipinski definition) is 1. The van der Waals surface area contributed by atoms with Crippen molar-refractivity contribution in [1.29, 1.82) is 0 Å². The lowest BCUT2D eigenvalue weighted by Gasteiger charge is -2.19. The molecule has 0 saturated heterocycles. The Morgan fingerprint density at radius 1 is 1.10 bits per heavy atom. The van der Waals surface area contributed by atoms with Gasteiger partial charge < -0.3 is 5.32 Å². The van der Waals surface area contributed by atoms with Crippen LogP contribution in [-0.2, 0) is 6.54 Å². The normalized spacial score (nSPS) is 12.3. The first-order valence-electron chi connectivity index (χ1n) is 7.73. The molecule has 1 N–H and O–H groups in total. The van der Waals surface area contributed by atoms with Crippen LogP contribution >= 0.6 is 0 Å². The Morgan fingerprint density at radius 2 is 1.86 bits per heavy atom. The zero-order chi connectivity index (χ0) is 15.1. The Labute approximate surface area is 127 Å². The molecular weight excluding hydrogens is 261 g/mol. The Kier molecular flexibility index (Phi) is 5.94. The predicted octanol–water partition coefficient (Wildman–Crippen LogP) is 5.16. The zero-order valence-electron chi connectivity index (χ0n) is 12.9. The van der Waals surface area contributed by atoms with E-state index in [2.05, 4.69) is 43.4 Å². The molecule has 0 amide bonds. The average molecular weight is 285 g/mol. The van der Waals surface area contributed by atoms with Gasteiger partial charge in [0.25, 0.3) is 0 Å². The van der Waals surface area contributed by atoms with Gasteiger partial charge in [-0.3, -0.25) is 0 Å². The molecule has 0 saturated carbocycles. The molecule has 0 heterocycles. The van der Waals surface area contributed by atoms with Crippen molar-refractivity contribution in [3.63, 3.8) is 0 Å². The smallest absolute Gasteiger partial charge is 0.123 e. The summed E-state index contributed by atoms with van der Waals surface area (Å²) in [6, 6.07) is 15.7. The SMILES string of the molecule is CCCCC(NCc1cccc(C)c1)c1ccc(F)cc1. The lowest BCUT2D eigenvalue weighted by atomic mass is 10.0. The predicted molar refractivity (Wildman–Crippen MR) is 86.7 cm³/mol. The van der Waals surface area contributed by atoms with Gasteiger partial charge in [0.1, 0.15) is 5.82 Å². The van der Waals surface area contributed by atoms with Crippen LogP contribution in [-0.4, -0.2) is 0 Å². The highest BCUT2D eigenvalue weighted by molar-refractivity contribution is 5.23. The number of unbranched alkanes of at least 4 members (excludes halogenated alkanes) is 1.